The van der Waals surface area contributed by atoms with E-state index < -0.39 is 50.3 Å². The number of benzene rings is 1. The van der Waals surface area contributed by atoms with Crippen molar-refractivity contribution in [1.29, 1.82) is 5.26 Å². The molecule has 0 spiro atoms. The maximum atomic E-state index is 14.1. The van der Waals surface area contributed by atoms with E-state index in [1.54, 1.807) is 31.2 Å². The Hall–Kier alpha value is -3.57. The van der Waals surface area contributed by atoms with E-state index in [4.69, 9.17) is 24.3 Å². The maximum Gasteiger partial charge on any atom is 0.459 e. The molecule has 15 heteroatoms. The van der Waals surface area contributed by atoms with Crippen LogP contribution < -0.4 is 15.3 Å². The Morgan fingerprint density at radius 1 is 1.33 bits per heavy atom. The van der Waals surface area contributed by atoms with Crippen molar-refractivity contribution in [2.75, 3.05) is 25.6 Å². The Labute approximate surface area is 242 Å². The molecule has 0 aliphatic carbocycles. The zero-order valence-electron chi connectivity index (χ0n) is 23.8. The summed E-state index contributed by atoms with van der Waals surface area (Å²) in [5.74, 6) is -0.380. The molecule has 226 valence electrons. The number of rotatable bonds is 11. The minimum atomic E-state index is -4.43. The lowest BCUT2D eigenvalue weighted by molar-refractivity contribution is -0.148. The number of hydrogen-bond acceptors (Lipinski definition) is 12. The zero-order valence-corrected chi connectivity index (χ0v) is 24.7. The molecule has 3 heterocycles. The van der Waals surface area contributed by atoms with Gasteiger partial charge in [-0.05, 0) is 36.1 Å². The highest BCUT2D eigenvalue weighted by molar-refractivity contribution is 7.52. The van der Waals surface area contributed by atoms with E-state index in [1.165, 1.54) is 29.0 Å². The lowest BCUT2D eigenvalue weighted by Crippen LogP contribution is -2.51. The van der Waals surface area contributed by atoms with Gasteiger partial charge in [0.05, 0.1) is 18.9 Å². The number of nitrogens with one attached hydrogen (secondary N) is 1. The van der Waals surface area contributed by atoms with Crippen LogP contribution in [0.3, 0.4) is 0 Å². The number of anilines is 1. The van der Waals surface area contributed by atoms with Gasteiger partial charge in [0.25, 0.3) is 0 Å². The number of nitrogen functional groups attached to an aromatic ring is 1. The molecule has 1 aliphatic heterocycles. The van der Waals surface area contributed by atoms with Gasteiger partial charge in [0.15, 0.2) is 11.4 Å². The van der Waals surface area contributed by atoms with Crippen molar-refractivity contribution in [3.63, 3.8) is 0 Å². The molecule has 0 amide bonds. The summed E-state index contributed by atoms with van der Waals surface area (Å²) in [7, 11) is -4.43. The predicted molar refractivity (Wildman–Crippen MR) is 150 cm³/mol. The average Bonchev–Trinajstić information content (AvgIpc) is 3.51. The standard InChI is InChI=1S/C27H35N6O8P/c1-5-19(23(34)38-14-25(2,3)4)32-42(37,41-18-9-7-6-8-10-18)40-15-26(13-28)24(35)27(36,16-39-26)21-12-11-20-22(29)30-17-31-33(20)21/h6-12,17,19,24,35-36H,5,14-16H2,1-4H3,(H,32,37)(H2,29,30,31)/t19-,24+,26+,27+,42-/m0/s1. The third-order valence-electron chi connectivity index (χ3n) is 6.63. The molecule has 0 bridgehead atoms. The number of nitriles is 1. The molecule has 0 saturated carbocycles. The van der Waals surface area contributed by atoms with Crippen molar-refractivity contribution in [3.8, 4) is 11.8 Å². The van der Waals surface area contributed by atoms with Crippen LogP contribution in [0.2, 0.25) is 0 Å². The quantitative estimate of drug-likeness (QED) is 0.184. The first-order valence-electron chi connectivity index (χ1n) is 13.2. The van der Waals surface area contributed by atoms with Crippen LogP contribution in [0.1, 0.15) is 39.8 Å². The summed E-state index contributed by atoms with van der Waals surface area (Å²) in [4.78, 5) is 16.7. The van der Waals surface area contributed by atoms with Crippen LogP contribution in [0, 0.1) is 16.7 Å². The third-order valence-corrected chi connectivity index (χ3v) is 8.18. The number of aliphatic hydroxyl groups excluding tert-OH is 1. The number of nitrogens with zero attached hydrogens (tertiary/aromatic N) is 4. The number of esters is 1. The number of fused-ring (bicyclic) bond motifs is 1. The number of carbonyl (C=O) groups is 1. The van der Waals surface area contributed by atoms with Crippen LogP contribution >= 0.6 is 7.75 Å². The fourth-order valence-corrected chi connectivity index (χ4v) is 5.91. The molecular formula is C27H35N6O8P. The molecule has 1 saturated heterocycles. The molecule has 0 unspecified atom stereocenters. The Kier molecular flexibility index (Phi) is 8.94. The predicted octanol–water partition coefficient (Wildman–Crippen LogP) is 2.31. The number of carbonyl (C=O) groups excluding carboxylic acids is 1. The first-order valence-corrected chi connectivity index (χ1v) is 14.8. The monoisotopic (exact) mass is 602 g/mol. The van der Waals surface area contributed by atoms with E-state index in [0.717, 1.165) is 0 Å². The van der Waals surface area contributed by atoms with Crippen molar-refractivity contribution < 1.29 is 38.1 Å². The zero-order chi connectivity index (χ0) is 30.8. The number of para-hydroxylation sites is 1. The van der Waals surface area contributed by atoms with Gasteiger partial charge in [-0.15, -0.1) is 0 Å². The highest BCUT2D eigenvalue weighted by Crippen LogP contribution is 2.48. The third kappa shape index (κ3) is 6.42. The van der Waals surface area contributed by atoms with Gasteiger partial charge < -0.3 is 29.9 Å². The van der Waals surface area contributed by atoms with Crippen LogP contribution in [0.5, 0.6) is 5.75 Å². The summed E-state index contributed by atoms with van der Waals surface area (Å²) in [6.45, 7) is 6.16. The fourth-order valence-electron chi connectivity index (χ4n) is 4.30. The second-order valence-corrected chi connectivity index (χ2v) is 12.9. The number of nitrogens with two attached hydrogens (primary N) is 1. The number of aromatic nitrogens is 3. The number of aliphatic hydroxyl groups is 2. The van der Waals surface area contributed by atoms with E-state index in [0.29, 0.717) is 5.52 Å². The van der Waals surface area contributed by atoms with E-state index >= 15 is 0 Å². The average molecular weight is 603 g/mol. The summed E-state index contributed by atoms with van der Waals surface area (Å²) in [5.41, 5.74) is 1.72. The number of ether oxygens (including phenoxy) is 2. The van der Waals surface area contributed by atoms with Gasteiger partial charge in [0.2, 0.25) is 5.60 Å². The molecule has 5 atom stereocenters. The van der Waals surface area contributed by atoms with Crippen LogP contribution in [0.25, 0.3) is 5.52 Å². The van der Waals surface area contributed by atoms with Crippen molar-refractivity contribution in [2.24, 2.45) is 5.41 Å². The number of hydrogen-bond donors (Lipinski definition) is 4. The smallest absolute Gasteiger partial charge is 0.459 e. The van der Waals surface area contributed by atoms with Crippen LogP contribution in [0.15, 0.2) is 48.8 Å². The van der Waals surface area contributed by atoms with E-state index in [1.807, 2.05) is 26.8 Å². The summed E-state index contributed by atoms with van der Waals surface area (Å²) in [5, 5.41) is 39.7. The van der Waals surface area contributed by atoms with E-state index in [-0.39, 0.29) is 35.7 Å². The maximum absolute atomic E-state index is 14.1. The Morgan fingerprint density at radius 2 is 2.05 bits per heavy atom. The molecule has 0 radical (unpaired) electrons. The molecule has 14 nitrogen and oxygen atoms in total. The lowest BCUT2D eigenvalue weighted by atomic mass is 9.86. The largest absolute Gasteiger partial charge is 0.464 e. The van der Waals surface area contributed by atoms with Crippen LogP contribution in [-0.4, -0.2) is 68.3 Å². The topological polar surface area (TPSA) is 204 Å². The van der Waals surface area contributed by atoms with Crippen molar-refractivity contribution >= 4 is 25.1 Å². The van der Waals surface area contributed by atoms with Gasteiger partial charge in [-0.1, -0.05) is 45.9 Å². The molecule has 3 aromatic rings. The van der Waals surface area contributed by atoms with Crippen molar-refractivity contribution in [2.45, 2.75) is 57.5 Å². The van der Waals surface area contributed by atoms with Crippen molar-refractivity contribution in [3.05, 3.63) is 54.5 Å². The molecule has 1 aliphatic rings. The minimum absolute atomic E-state index is 0.0886. The molecular weight excluding hydrogens is 567 g/mol. The second kappa shape index (κ2) is 12.0. The molecule has 4 rings (SSSR count). The summed E-state index contributed by atoms with van der Waals surface area (Å²) < 4.78 is 37.8. The van der Waals surface area contributed by atoms with Gasteiger partial charge in [-0.2, -0.15) is 15.4 Å². The molecule has 1 aromatic carbocycles. The van der Waals surface area contributed by atoms with Crippen LogP contribution in [-0.2, 0) is 29.0 Å². The highest BCUT2D eigenvalue weighted by Gasteiger charge is 2.61. The van der Waals surface area contributed by atoms with E-state index in [9.17, 15) is 24.8 Å². The molecule has 5 N–H and O–H groups in total. The van der Waals surface area contributed by atoms with Gasteiger partial charge >= 0.3 is 13.7 Å². The first-order chi connectivity index (χ1) is 19.8. The van der Waals surface area contributed by atoms with Gasteiger partial charge in [-0.3, -0.25) is 9.32 Å². The Bertz CT molecular complexity index is 1510. The normalized spacial score (nSPS) is 24.5. The van der Waals surface area contributed by atoms with E-state index in [2.05, 4.69) is 15.2 Å². The van der Waals surface area contributed by atoms with Gasteiger partial charge in [0.1, 0.15) is 42.4 Å². The van der Waals surface area contributed by atoms with Crippen molar-refractivity contribution in [1.82, 2.24) is 19.7 Å². The minimum Gasteiger partial charge on any atom is -0.464 e. The Morgan fingerprint density at radius 3 is 2.69 bits per heavy atom. The fraction of sp³-hybridized carbons (Fsp3) is 0.481. The summed E-state index contributed by atoms with van der Waals surface area (Å²) in [6, 6.07) is 11.9. The van der Waals surface area contributed by atoms with Gasteiger partial charge in [-0.25, -0.2) is 14.1 Å². The van der Waals surface area contributed by atoms with Gasteiger partial charge in [0, 0.05) is 0 Å². The molecule has 42 heavy (non-hydrogen) atoms. The van der Waals surface area contributed by atoms with Crippen LogP contribution in [0.4, 0.5) is 5.82 Å². The Balaban J connectivity index is 1.59. The second-order valence-electron chi connectivity index (χ2n) is 11.2. The summed E-state index contributed by atoms with van der Waals surface area (Å²) >= 11 is 0. The highest BCUT2D eigenvalue weighted by atomic mass is 31.2. The first kappa shape index (κ1) is 31.4. The molecule has 1 fully saturated rings. The molecule has 2 aromatic heterocycles. The SMILES string of the molecule is CC[C@H](N[P@](=O)(OC[C@@]1(C#N)OC[C@@](O)(c2ccc3c(N)ncnn23)[C@@H]1O)Oc1ccccc1)C(=O)OCC(C)(C)C. The lowest BCUT2D eigenvalue weighted by Gasteiger charge is -2.31. The summed E-state index contributed by atoms with van der Waals surface area (Å²) in [6.07, 6.45) is -0.547.